The summed E-state index contributed by atoms with van der Waals surface area (Å²) in [7, 11) is 0. The molecule has 1 heterocycles. The van der Waals surface area contributed by atoms with Crippen LogP contribution in [0.1, 0.15) is 42.9 Å². The Morgan fingerprint density at radius 2 is 2.26 bits per heavy atom. The van der Waals surface area contributed by atoms with Gasteiger partial charge in [0.15, 0.2) is 0 Å². The molecule has 1 aromatic heterocycles. The fourth-order valence-electron chi connectivity index (χ4n) is 1.44. The lowest BCUT2D eigenvalue weighted by Crippen LogP contribution is -2.22. The molecule has 19 heavy (non-hydrogen) atoms. The molecule has 0 aromatic carbocycles. The summed E-state index contributed by atoms with van der Waals surface area (Å²) in [4.78, 5) is 13.7. The maximum atomic E-state index is 11.6. The Morgan fingerprint density at radius 3 is 2.95 bits per heavy atom. The molecule has 0 unspecified atom stereocenters. The van der Waals surface area contributed by atoms with Crippen molar-refractivity contribution in [2.24, 2.45) is 5.92 Å². The molecule has 0 atom stereocenters. The van der Waals surface area contributed by atoms with Crippen LogP contribution in [0.4, 0.5) is 0 Å². The molecule has 104 valence electrons. The number of hydrogen-bond donors (Lipinski definition) is 2. The van der Waals surface area contributed by atoms with Crippen molar-refractivity contribution in [1.29, 1.82) is 0 Å². The smallest absolute Gasteiger partial charge is 0.220 e. The summed E-state index contributed by atoms with van der Waals surface area (Å²) in [5, 5.41) is 11.6. The number of nitrogens with one attached hydrogen (secondary N) is 1. The predicted octanol–water partition coefficient (Wildman–Crippen LogP) is 2.53. The minimum atomic E-state index is 0.0944. The van der Waals surface area contributed by atoms with Crippen molar-refractivity contribution in [3.8, 4) is 11.8 Å². The zero-order chi connectivity index (χ0) is 14.1. The van der Waals surface area contributed by atoms with Gasteiger partial charge in [0.2, 0.25) is 5.91 Å². The highest BCUT2D eigenvalue weighted by atomic mass is 32.1. The Balaban J connectivity index is 2.34. The van der Waals surface area contributed by atoms with Gasteiger partial charge >= 0.3 is 0 Å². The molecule has 0 spiro atoms. The summed E-state index contributed by atoms with van der Waals surface area (Å²) in [5.41, 5.74) is 0. The number of aliphatic hydroxyl groups is 1. The Morgan fingerprint density at radius 1 is 1.47 bits per heavy atom. The summed E-state index contributed by atoms with van der Waals surface area (Å²) < 4.78 is 0. The third-order valence-electron chi connectivity index (χ3n) is 2.52. The number of hydrogen-bond acceptors (Lipinski definition) is 3. The van der Waals surface area contributed by atoms with E-state index in [0.717, 1.165) is 16.2 Å². The van der Waals surface area contributed by atoms with Crippen LogP contribution in [-0.4, -0.2) is 17.6 Å². The first-order chi connectivity index (χ1) is 9.11. The molecule has 1 rings (SSSR count). The first-order valence-electron chi connectivity index (χ1n) is 6.57. The van der Waals surface area contributed by atoms with Gasteiger partial charge in [0.05, 0.1) is 18.0 Å². The fraction of sp³-hybridized carbons (Fsp3) is 0.533. The third kappa shape index (κ3) is 7.00. The largest absolute Gasteiger partial charge is 0.395 e. The van der Waals surface area contributed by atoms with Crippen LogP contribution in [0, 0.1) is 17.8 Å². The van der Waals surface area contributed by atoms with Gasteiger partial charge in [0.25, 0.3) is 0 Å². The Bertz CT molecular complexity index is 454. The van der Waals surface area contributed by atoms with Gasteiger partial charge in [-0.15, -0.1) is 11.3 Å². The van der Waals surface area contributed by atoms with Crippen molar-refractivity contribution in [2.45, 2.75) is 39.7 Å². The van der Waals surface area contributed by atoms with E-state index in [1.54, 1.807) is 11.3 Å². The van der Waals surface area contributed by atoms with Crippen molar-refractivity contribution in [3.63, 3.8) is 0 Å². The molecule has 0 saturated carbocycles. The Hall–Kier alpha value is -1.31. The van der Waals surface area contributed by atoms with E-state index in [1.165, 1.54) is 0 Å². The van der Waals surface area contributed by atoms with Gasteiger partial charge in [-0.2, -0.15) is 0 Å². The molecule has 4 heteroatoms. The molecular weight excluding hydrogens is 258 g/mol. The molecule has 2 N–H and O–H groups in total. The van der Waals surface area contributed by atoms with Crippen LogP contribution in [0.15, 0.2) is 12.1 Å². The van der Waals surface area contributed by atoms with Gasteiger partial charge < -0.3 is 10.4 Å². The van der Waals surface area contributed by atoms with Crippen molar-refractivity contribution in [2.75, 3.05) is 6.61 Å². The van der Waals surface area contributed by atoms with E-state index in [2.05, 4.69) is 31.0 Å². The number of aliphatic hydroxyl groups excluding tert-OH is 1. The standard InChI is InChI=1S/C15H21NO2S/c1-12(2)6-9-15(18)16-11-14-8-7-13(19-14)5-3-4-10-17/h7-8,12,17H,4,6,9-11H2,1-2H3,(H,16,18). The molecule has 0 fully saturated rings. The minimum Gasteiger partial charge on any atom is -0.395 e. The molecule has 0 aliphatic heterocycles. The molecule has 0 aliphatic carbocycles. The summed E-state index contributed by atoms with van der Waals surface area (Å²) >= 11 is 1.58. The summed E-state index contributed by atoms with van der Waals surface area (Å²) in [6, 6.07) is 3.93. The van der Waals surface area contributed by atoms with Gasteiger partial charge in [-0.1, -0.05) is 25.7 Å². The van der Waals surface area contributed by atoms with Crippen molar-refractivity contribution in [1.82, 2.24) is 5.32 Å². The van der Waals surface area contributed by atoms with Crippen LogP contribution in [0.5, 0.6) is 0 Å². The van der Waals surface area contributed by atoms with Crippen LogP contribution in [-0.2, 0) is 11.3 Å². The van der Waals surface area contributed by atoms with E-state index in [-0.39, 0.29) is 12.5 Å². The van der Waals surface area contributed by atoms with Crippen LogP contribution in [0.3, 0.4) is 0 Å². The molecule has 1 aromatic rings. The topological polar surface area (TPSA) is 49.3 Å². The number of amides is 1. The number of carbonyl (C=O) groups is 1. The normalized spacial score (nSPS) is 10.1. The summed E-state index contributed by atoms with van der Waals surface area (Å²) in [5.74, 6) is 6.54. The lowest BCUT2D eigenvalue weighted by atomic mass is 10.1. The molecular formula is C15H21NO2S. The molecule has 0 saturated heterocycles. The second-order valence-electron chi connectivity index (χ2n) is 4.75. The average Bonchev–Trinajstić information content (AvgIpc) is 2.82. The van der Waals surface area contributed by atoms with Gasteiger partial charge in [-0.3, -0.25) is 4.79 Å². The van der Waals surface area contributed by atoms with E-state index < -0.39 is 0 Å². The summed E-state index contributed by atoms with van der Waals surface area (Å²) in [6.07, 6.45) is 2.01. The molecule has 1 amide bonds. The number of thiophene rings is 1. The van der Waals surface area contributed by atoms with Gasteiger partial charge in [0, 0.05) is 17.7 Å². The first kappa shape index (κ1) is 15.7. The monoisotopic (exact) mass is 279 g/mol. The van der Waals surface area contributed by atoms with Crippen LogP contribution < -0.4 is 5.32 Å². The molecule has 3 nitrogen and oxygen atoms in total. The maximum absolute atomic E-state index is 11.6. The zero-order valence-corrected chi connectivity index (χ0v) is 12.3. The predicted molar refractivity (Wildman–Crippen MR) is 78.8 cm³/mol. The lowest BCUT2D eigenvalue weighted by molar-refractivity contribution is -0.121. The highest BCUT2D eigenvalue weighted by molar-refractivity contribution is 7.12. The van der Waals surface area contributed by atoms with Gasteiger partial charge in [-0.25, -0.2) is 0 Å². The van der Waals surface area contributed by atoms with Crippen molar-refractivity contribution < 1.29 is 9.90 Å². The van der Waals surface area contributed by atoms with Crippen LogP contribution in [0.2, 0.25) is 0 Å². The van der Waals surface area contributed by atoms with E-state index in [4.69, 9.17) is 5.11 Å². The van der Waals surface area contributed by atoms with Gasteiger partial charge in [0.1, 0.15) is 0 Å². The van der Waals surface area contributed by atoms with Crippen molar-refractivity contribution >= 4 is 17.2 Å². The SMILES string of the molecule is CC(C)CCC(=O)NCc1ccc(C#CCCO)s1. The second-order valence-corrected chi connectivity index (χ2v) is 5.92. The van der Waals surface area contributed by atoms with Gasteiger partial charge in [-0.05, 0) is 24.5 Å². The highest BCUT2D eigenvalue weighted by Gasteiger charge is 2.04. The minimum absolute atomic E-state index is 0.0944. The Kier molecular flexibility index (Phi) is 7.24. The number of carbonyl (C=O) groups excluding carboxylic acids is 1. The lowest BCUT2D eigenvalue weighted by Gasteiger charge is -2.05. The fourth-order valence-corrected chi connectivity index (χ4v) is 2.26. The second kappa shape index (κ2) is 8.73. The highest BCUT2D eigenvalue weighted by Crippen LogP contribution is 2.15. The quantitative estimate of drug-likeness (QED) is 0.786. The Labute approximate surface area is 119 Å². The van der Waals surface area contributed by atoms with Crippen LogP contribution in [0.25, 0.3) is 0 Å². The zero-order valence-electron chi connectivity index (χ0n) is 11.5. The molecule has 0 radical (unpaired) electrons. The summed E-state index contributed by atoms with van der Waals surface area (Å²) in [6.45, 7) is 4.90. The van der Waals surface area contributed by atoms with E-state index >= 15 is 0 Å². The maximum Gasteiger partial charge on any atom is 0.220 e. The van der Waals surface area contributed by atoms with Crippen molar-refractivity contribution in [3.05, 3.63) is 21.9 Å². The third-order valence-corrected chi connectivity index (χ3v) is 3.52. The van der Waals surface area contributed by atoms with E-state index in [0.29, 0.717) is 25.3 Å². The van der Waals surface area contributed by atoms with E-state index in [1.807, 2.05) is 12.1 Å². The van der Waals surface area contributed by atoms with Crippen LogP contribution >= 0.6 is 11.3 Å². The van der Waals surface area contributed by atoms with E-state index in [9.17, 15) is 4.79 Å². The average molecular weight is 279 g/mol. The molecule has 0 aliphatic rings. The first-order valence-corrected chi connectivity index (χ1v) is 7.38. The number of rotatable bonds is 6. The molecule has 0 bridgehead atoms.